The number of hydrogen-bond donors (Lipinski definition) is 2. The predicted octanol–water partition coefficient (Wildman–Crippen LogP) is 1.87. The van der Waals surface area contributed by atoms with Crippen LogP contribution >= 0.6 is 0 Å². The molecule has 1 saturated heterocycles. The second-order valence-corrected chi connectivity index (χ2v) is 5.58. The Labute approximate surface area is 126 Å². The third-order valence-corrected chi connectivity index (χ3v) is 3.87. The van der Waals surface area contributed by atoms with E-state index in [2.05, 4.69) is 22.5 Å². The molecule has 1 unspecified atom stereocenters. The third kappa shape index (κ3) is 5.01. The van der Waals surface area contributed by atoms with Crippen LogP contribution in [0.5, 0.6) is 5.88 Å². The van der Waals surface area contributed by atoms with Gasteiger partial charge in [0.1, 0.15) is 0 Å². The van der Waals surface area contributed by atoms with E-state index < -0.39 is 0 Å². The highest BCUT2D eigenvalue weighted by atomic mass is 16.5. The van der Waals surface area contributed by atoms with Crippen LogP contribution in [0.1, 0.15) is 38.7 Å². The molecule has 5 nitrogen and oxygen atoms in total. The maximum Gasteiger partial charge on any atom is 0.223 e. The summed E-state index contributed by atoms with van der Waals surface area (Å²) in [7, 11) is 0. The van der Waals surface area contributed by atoms with Gasteiger partial charge in [-0.3, -0.25) is 4.79 Å². The molecule has 2 heterocycles. The van der Waals surface area contributed by atoms with Crippen molar-refractivity contribution in [2.75, 3.05) is 13.1 Å². The average Bonchev–Trinajstić information content (AvgIpc) is 2.53. The van der Waals surface area contributed by atoms with E-state index in [9.17, 15) is 4.79 Å². The van der Waals surface area contributed by atoms with Gasteiger partial charge in [-0.15, -0.1) is 0 Å². The van der Waals surface area contributed by atoms with Gasteiger partial charge < -0.3 is 15.4 Å². The van der Waals surface area contributed by atoms with Crippen molar-refractivity contribution < 1.29 is 9.53 Å². The number of piperidine rings is 1. The number of rotatable bonds is 6. The fourth-order valence-electron chi connectivity index (χ4n) is 2.33. The molecular formula is C16H25N3O2. The SMILES string of the molecule is CCC(C)Oc1cc(CNC(=O)C2CCNCC2)ccn1. The summed E-state index contributed by atoms with van der Waals surface area (Å²) < 4.78 is 5.70. The molecule has 0 aromatic carbocycles. The number of carbonyl (C=O) groups excluding carboxylic acids is 1. The molecule has 2 N–H and O–H groups in total. The van der Waals surface area contributed by atoms with Crippen LogP contribution < -0.4 is 15.4 Å². The minimum absolute atomic E-state index is 0.143. The molecular weight excluding hydrogens is 266 g/mol. The summed E-state index contributed by atoms with van der Waals surface area (Å²) in [6.07, 6.45) is 4.66. The van der Waals surface area contributed by atoms with Crippen LogP contribution in [0, 0.1) is 5.92 Å². The van der Waals surface area contributed by atoms with Crippen LogP contribution in [-0.2, 0) is 11.3 Å². The fraction of sp³-hybridized carbons (Fsp3) is 0.625. The molecule has 0 spiro atoms. The summed E-state index contributed by atoms with van der Waals surface area (Å²) >= 11 is 0. The number of pyridine rings is 1. The van der Waals surface area contributed by atoms with Gasteiger partial charge in [0, 0.05) is 24.7 Å². The highest BCUT2D eigenvalue weighted by Crippen LogP contribution is 2.14. The summed E-state index contributed by atoms with van der Waals surface area (Å²) in [5.74, 6) is 0.916. The lowest BCUT2D eigenvalue weighted by molar-refractivity contribution is -0.125. The summed E-state index contributed by atoms with van der Waals surface area (Å²) in [6, 6.07) is 3.81. The maximum absolute atomic E-state index is 12.1. The molecule has 1 aromatic heterocycles. The zero-order valence-corrected chi connectivity index (χ0v) is 12.9. The van der Waals surface area contributed by atoms with E-state index in [1.165, 1.54) is 0 Å². The highest BCUT2D eigenvalue weighted by molar-refractivity contribution is 5.78. The lowest BCUT2D eigenvalue weighted by atomic mass is 9.97. The van der Waals surface area contributed by atoms with Crippen LogP contribution in [-0.4, -0.2) is 30.1 Å². The Balaban J connectivity index is 1.84. The van der Waals surface area contributed by atoms with Gasteiger partial charge in [0.15, 0.2) is 0 Å². The molecule has 0 saturated carbocycles. The molecule has 1 fully saturated rings. The van der Waals surface area contributed by atoms with Gasteiger partial charge in [0.05, 0.1) is 6.10 Å². The van der Waals surface area contributed by atoms with Gasteiger partial charge in [0.25, 0.3) is 0 Å². The number of ether oxygens (including phenoxy) is 1. The van der Waals surface area contributed by atoms with Crippen molar-refractivity contribution in [3.05, 3.63) is 23.9 Å². The summed E-state index contributed by atoms with van der Waals surface area (Å²) in [5, 5.41) is 6.28. The molecule has 116 valence electrons. The topological polar surface area (TPSA) is 63.2 Å². The molecule has 0 aliphatic carbocycles. The van der Waals surface area contributed by atoms with Crippen LogP contribution in [0.4, 0.5) is 0 Å². The number of hydrogen-bond acceptors (Lipinski definition) is 4. The molecule has 1 aliphatic heterocycles. The average molecular weight is 291 g/mol. The van der Waals surface area contributed by atoms with Gasteiger partial charge >= 0.3 is 0 Å². The second-order valence-electron chi connectivity index (χ2n) is 5.58. The fourth-order valence-corrected chi connectivity index (χ4v) is 2.33. The van der Waals surface area contributed by atoms with Gasteiger partial charge in [-0.05, 0) is 50.9 Å². The highest BCUT2D eigenvalue weighted by Gasteiger charge is 2.20. The van der Waals surface area contributed by atoms with Crippen molar-refractivity contribution in [2.45, 2.75) is 45.8 Å². The minimum atomic E-state index is 0.143. The largest absolute Gasteiger partial charge is 0.475 e. The first-order chi connectivity index (χ1) is 10.2. The minimum Gasteiger partial charge on any atom is -0.475 e. The van der Waals surface area contributed by atoms with Crippen LogP contribution in [0.2, 0.25) is 0 Å². The zero-order valence-electron chi connectivity index (χ0n) is 12.9. The normalized spacial score (nSPS) is 17.2. The molecule has 21 heavy (non-hydrogen) atoms. The zero-order chi connectivity index (χ0) is 15.1. The molecule has 1 atom stereocenters. The van der Waals surface area contributed by atoms with Gasteiger partial charge in [-0.2, -0.15) is 0 Å². The molecule has 1 aromatic rings. The van der Waals surface area contributed by atoms with Crippen LogP contribution in [0.15, 0.2) is 18.3 Å². The smallest absolute Gasteiger partial charge is 0.223 e. The van der Waals surface area contributed by atoms with Crippen molar-refractivity contribution in [3.8, 4) is 5.88 Å². The molecule has 0 bridgehead atoms. The number of nitrogens with zero attached hydrogens (tertiary/aromatic N) is 1. The summed E-state index contributed by atoms with van der Waals surface area (Å²) in [6.45, 7) is 6.49. The van der Waals surface area contributed by atoms with Crippen molar-refractivity contribution in [1.82, 2.24) is 15.6 Å². The lowest BCUT2D eigenvalue weighted by Gasteiger charge is -2.21. The Bertz CT molecular complexity index is 459. The summed E-state index contributed by atoms with van der Waals surface area (Å²) in [4.78, 5) is 16.3. The number of nitrogens with one attached hydrogen (secondary N) is 2. The number of aromatic nitrogens is 1. The third-order valence-electron chi connectivity index (χ3n) is 3.87. The second kappa shape index (κ2) is 7.98. The number of amides is 1. The van der Waals surface area contributed by atoms with Gasteiger partial charge in [-0.1, -0.05) is 6.92 Å². The van der Waals surface area contributed by atoms with Crippen molar-refractivity contribution in [3.63, 3.8) is 0 Å². The Morgan fingerprint density at radius 1 is 1.52 bits per heavy atom. The van der Waals surface area contributed by atoms with E-state index in [4.69, 9.17) is 4.74 Å². The molecule has 2 rings (SSSR count). The van der Waals surface area contributed by atoms with E-state index in [-0.39, 0.29) is 17.9 Å². The van der Waals surface area contributed by atoms with E-state index in [0.717, 1.165) is 37.9 Å². The van der Waals surface area contributed by atoms with Crippen molar-refractivity contribution in [1.29, 1.82) is 0 Å². The Morgan fingerprint density at radius 2 is 2.29 bits per heavy atom. The van der Waals surface area contributed by atoms with Crippen LogP contribution in [0.3, 0.4) is 0 Å². The standard InChI is InChI=1S/C16H25N3O2/c1-3-12(2)21-15-10-13(4-9-18-15)11-19-16(20)14-5-7-17-8-6-14/h4,9-10,12,14,17H,3,5-8,11H2,1-2H3,(H,19,20). The molecule has 5 heteroatoms. The van der Waals surface area contributed by atoms with E-state index in [1.807, 2.05) is 19.1 Å². The van der Waals surface area contributed by atoms with E-state index >= 15 is 0 Å². The van der Waals surface area contributed by atoms with Crippen molar-refractivity contribution in [2.24, 2.45) is 5.92 Å². The first kappa shape index (κ1) is 15.8. The van der Waals surface area contributed by atoms with E-state index in [1.54, 1.807) is 6.20 Å². The molecule has 0 radical (unpaired) electrons. The lowest BCUT2D eigenvalue weighted by Crippen LogP contribution is -2.37. The first-order valence-corrected chi connectivity index (χ1v) is 7.79. The Kier molecular flexibility index (Phi) is 5.99. The predicted molar refractivity (Wildman–Crippen MR) is 82.1 cm³/mol. The van der Waals surface area contributed by atoms with Gasteiger partial charge in [-0.25, -0.2) is 4.98 Å². The van der Waals surface area contributed by atoms with Crippen molar-refractivity contribution >= 4 is 5.91 Å². The first-order valence-electron chi connectivity index (χ1n) is 7.79. The Hall–Kier alpha value is -1.62. The van der Waals surface area contributed by atoms with E-state index in [0.29, 0.717) is 12.4 Å². The van der Waals surface area contributed by atoms with Crippen LogP contribution in [0.25, 0.3) is 0 Å². The maximum atomic E-state index is 12.1. The quantitative estimate of drug-likeness (QED) is 0.840. The molecule has 1 amide bonds. The van der Waals surface area contributed by atoms with Gasteiger partial charge in [0.2, 0.25) is 11.8 Å². The monoisotopic (exact) mass is 291 g/mol. The molecule has 1 aliphatic rings. The Morgan fingerprint density at radius 3 is 3.00 bits per heavy atom. The number of carbonyl (C=O) groups is 1. The summed E-state index contributed by atoms with van der Waals surface area (Å²) in [5.41, 5.74) is 1.02.